The molecular weight excluding hydrogens is 208 g/mol. The van der Waals surface area contributed by atoms with Crippen LogP contribution in [0.25, 0.3) is 22.4 Å². The lowest BCUT2D eigenvalue weighted by Crippen LogP contribution is -1.80. The van der Waals surface area contributed by atoms with Crippen molar-refractivity contribution in [3.8, 4) is 11.4 Å². The second kappa shape index (κ2) is 3.74. The summed E-state index contributed by atoms with van der Waals surface area (Å²) in [6, 6.07) is 14.6. The van der Waals surface area contributed by atoms with Gasteiger partial charge in [-0.2, -0.15) is 0 Å². The number of nitrogens with one attached hydrogen (secondary N) is 1. The summed E-state index contributed by atoms with van der Waals surface area (Å²) < 4.78 is 0. The third-order valence-electron chi connectivity index (χ3n) is 2.93. The molecule has 1 N–H and O–H groups in total. The van der Waals surface area contributed by atoms with Crippen molar-refractivity contribution in [1.82, 2.24) is 9.97 Å². The van der Waals surface area contributed by atoms with Gasteiger partial charge in [-0.15, -0.1) is 0 Å². The van der Waals surface area contributed by atoms with E-state index in [0.717, 1.165) is 22.4 Å². The number of benzene rings is 2. The molecule has 0 aliphatic rings. The summed E-state index contributed by atoms with van der Waals surface area (Å²) in [5.41, 5.74) is 5.75. The van der Waals surface area contributed by atoms with Crippen molar-refractivity contribution in [2.75, 3.05) is 0 Å². The second-order valence-corrected chi connectivity index (χ2v) is 4.48. The molecule has 0 saturated carbocycles. The van der Waals surface area contributed by atoms with Gasteiger partial charge in [0.05, 0.1) is 11.0 Å². The topological polar surface area (TPSA) is 28.7 Å². The smallest absolute Gasteiger partial charge is 0.138 e. The van der Waals surface area contributed by atoms with E-state index in [-0.39, 0.29) is 0 Å². The van der Waals surface area contributed by atoms with E-state index in [0.29, 0.717) is 0 Å². The first-order chi connectivity index (χ1) is 8.22. The summed E-state index contributed by atoms with van der Waals surface area (Å²) in [6.45, 7) is 4.18. The minimum absolute atomic E-state index is 0.939. The molecule has 2 aromatic carbocycles. The molecule has 1 aromatic heterocycles. The Labute approximate surface area is 100 Å². The maximum absolute atomic E-state index is 4.61. The van der Waals surface area contributed by atoms with Crippen LogP contribution in [0.3, 0.4) is 0 Å². The number of hydrogen-bond donors (Lipinski definition) is 1. The molecule has 2 heteroatoms. The van der Waals surface area contributed by atoms with Crippen molar-refractivity contribution in [1.29, 1.82) is 0 Å². The fourth-order valence-corrected chi connectivity index (χ4v) is 2.05. The van der Waals surface area contributed by atoms with Gasteiger partial charge >= 0.3 is 0 Å². The van der Waals surface area contributed by atoms with E-state index in [2.05, 4.69) is 66.3 Å². The molecule has 1 heterocycles. The quantitative estimate of drug-likeness (QED) is 0.665. The van der Waals surface area contributed by atoms with Gasteiger partial charge in [0.25, 0.3) is 0 Å². The molecule has 3 rings (SSSR count). The molecule has 17 heavy (non-hydrogen) atoms. The fourth-order valence-electron chi connectivity index (χ4n) is 2.05. The molecule has 3 aromatic rings. The normalized spacial score (nSPS) is 10.9. The number of hydrogen-bond acceptors (Lipinski definition) is 1. The van der Waals surface area contributed by atoms with Gasteiger partial charge in [-0.25, -0.2) is 4.98 Å². The molecule has 0 aliphatic carbocycles. The van der Waals surface area contributed by atoms with Gasteiger partial charge in [0, 0.05) is 5.56 Å². The number of aryl methyl sites for hydroxylation is 2. The highest BCUT2D eigenvalue weighted by Crippen LogP contribution is 2.21. The maximum Gasteiger partial charge on any atom is 0.138 e. The molecule has 84 valence electrons. The van der Waals surface area contributed by atoms with Crippen LogP contribution in [-0.4, -0.2) is 9.97 Å². The summed E-state index contributed by atoms with van der Waals surface area (Å²) in [5, 5.41) is 0. The summed E-state index contributed by atoms with van der Waals surface area (Å²) in [4.78, 5) is 7.98. The monoisotopic (exact) mass is 222 g/mol. The zero-order valence-corrected chi connectivity index (χ0v) is 9.99. The number of H-pyrrole nitrogens is 1. The number of aromatic nitrogens is 2. The lowest BCUT2D eigenvalue weighted by atomic mass is 10.1. The predicted octanol–water partition coefficient (Wildman–Crippen LogP) is 3.85. The molecule has 0 radical (unpaired) electrons. The largest absolute Gasteiger partial charge is 0.338 e. The minimum atomic E-state index is 0.939. The first kappa shape index (κ1) is 10.1. The summed E-state index contributed by atoms with van der Waals surface area (Å²) in [6.07, 6.45) is 0. The van der Waals surface area contributed by atoms with Crippen LogP contribution in [0.4, 0.5) is 0 Å². The zero-order valence-electron chi connectivity index (χ0n) is 9.99. The van der Waals surface area contributed by atoms with Crippen LogP contribution in [0.15, 0.2) is 42.5 Å². The summed E-state index contributed by atoms with van der Waals surface area (Å²) in [7, 11) is 0. The van der Waals surface area contributed by atoms with E-state index in [9.17, 15) is 0 Å². The highest BCUT2D eigenvalue weighted by molar-refractivity contribution is 5.80. The second-order valence-electron chi connectivity index (χ2n) is 4.48. The van der Waals surface area contributed by atoms with Crippen molar-refractivity contribution in [3.63, 3.8) is 0 Å². The zero-order chi connectivity index (χ0) is 11.8. The number of rotatable bonds is 1. The van der Waals surface area contributed by atoms with Crippen LogP contribution in [0.5, 0.6) is 0 Å². The van der Waals surface area contributed by atoms with Crippen molar-refractivity contribution >= 4 is 11.0 Å². The van der Waals surface area contributed by atoms with Gasteiger partial charge < -0.3 is 4.98 Å². The molecular formula is C15H14N2. The summed E-state index contributed by atoms with van der Waals surface area (Å²) >= 11 is 0. The Kier molecular flexibility index (Phi) is 2.22. The minimum Gasteiger partial charge on any atom is -0.338 e. The average molecular weight is 222 g/mol. The molecule has 0 saturated heterocycles. The fraction of sp³-hybridized carbons (Fsp3) is 0.133. The van der Waals surface area contributed by atoms with E-state index < -0.39 is 0 Å². The molecule has 0 aliphatic heterocycles. The Balaban J connectivity index is 2.18. The average Bonchev–Trinajstić information content (AvgIpc) is 2.72. The van der Waals surface area contributed by atoms with Crippen molar-refractivity contribution < 1.29 is 0 Å². The Morgan fingerprint density at radius 3 is 2.59 bits per heavy atom. The number of imidazole rings is 1. The standard InChI is InChI=1S/C15H14N2/c1-10-4-3-5-12(8-10)15-16-13-7-6-11(2)9-14(13)17-15/h3-9H,1-2H3,(H,16,17). The lowest BCUT2D eigenvalue weighted by molar-refractivity contribution is 1.32. The van der Waals surface area contributed by atoms with Gasteiger partial charge in [0.1, 0.15) is 5.82 Å². The van der Waals surface area contributed by atoms with Crippen LogP contribution in [0, 0.1) is 13.8 Å². The van der Waals surface area contributed by atoms with Gasteiger partial charge in [0.15, 0.2) is 0 Å². The molecule has 2 nitrogen and oxygen atoms in total. The number of fused-ring (bicyclic) bond motifs is 1. The molecule has 0 fully saturated rings. The van der Waals surface area contributed by atoms with E-state index in [1.807, 2.05) is 0 Å². The highest BCUT2D eigenvalue weighted by atomic mass is 14.9. The third kappa shape index (κ3) is 1.82. The highest BCUT2D eigenvalue weighted by Gasteiger charge is 2.04. The number of nitrogens with zero attached hydrogens (tertiary/aromatic N) is 1. The Hall–Kier alpha value is -2.09. The van der Waals surface area contributed by atoms with Crippen LogP contribution in [0.1, 0.15) is 11.1 Å². The third-order valence-corrected chi connectivity index (χ3v) is 2.93. The van der Waals surface area contributed by atoms with E-state index in [1.165, 1.54) is 11.1 Å². The van der Waals surface area contributed by atoms with Crippen LogP contribution < -0.4 is 0 Å². The predicted molar refractivity (Wildman–Crippen MR) is 71.0 cm³/mol. The Bertz CT molecular complexity index is 680. The first-order valence-corrected chi connectivity index (χ1v) is 5.76. The molecule has 0 amide bonds. The Morgan fingerprint density at radius 2 is 1.76 bits per heavy atom. The van der Waals surface area contributed by atoms with E-state index in [4.69, 9.17) is 0 Å². The first-order valence-electron chi connectivity index (χ1n) is 5.76. The summed E-state index contributed by atoms with van der Waals surface area (Å²) in [5.74, 6) is 0.939. The van der Waals surface area contributed by atoms with Gasteiger partial charge in [-0.05, 0) is 37.6 Å². The lowest BCUT2D eigenvalue weighted by Gasteiger charge is -1.97. The molecule has 0 spiro atoms. The molecule has 0 unspecified atom stereocenters. The van der Waals surface area contributed by atoms with E-state index >= 15 is 0 Å². The van der Waals surface area contributed by atoms with Crippen molar-refractivity contribution in [3.05, 3.63) is 53.6 Å². The number of aromatic amines is 1. The maximum atomic E-state index is 4.61. The molecule has 0 atom stereocenters. The van der Waals surface area contributed by atoms with Gasteiger partial charge in [-0.1, -0.05) is 29.8 Å². The van der Waals surface area contributed by atoms with Crippen molar-refractivity contribution in [2.45, 2.75) is 13.8 Å². The van der Waals surface area contributed by atoms with Gasteiger partial charge in [0.2, 0.25) is 0 Å². The molecule has 0 bridgehead atoms. The van der Waals surface area contributed by atoms with Gasteiger partial charge in [-0.3, -0.25) is 0 Å². The Morgan fingerprint density at radius 1 is 0.941 bits per heavy atom. The van der Waals surface area contributed by atoms with Crippen molar-refractivity contribution in [2.24, 2.45) is 0 Å². The van der Waals surface area contributed by atoms with E-state index in [1.54, 1.807) is 0 Å². The SMILES string of the molecule is Cc1cccc(-c2nc3ccc(C)cc3[nH]2)c1. The van der Waals surface area contributed by atoms with Crippen LogP contribution in [-0.2, 0) is 0 Å². The van der Waals surface area contributed by atoms with Crippen LogP contribution >= 0.6 is 0 Å². The van der Waals surface area contributed by atoms with Crippen LogP contribution in [0.2, 0.25) is 0 Å².